The molecular formula is C47H28N4O. The van der Waals surface area contributed by atoms with Gasteiger partial charge < -0.3 is 8.98 Å². The van der Waals surface area contributed by atoms with Crippen LogP contribution in [0, 0.1) is 0 Å². The van der Waals surface area contributed by atoms with Crippen molar-refractivity contribution >= 4 is 65.3 Å². The molecule has 0 N–H and O–H groups in total. The number of furan rings is 1. The minimum atomic E-state index is 0.591. The Morgan fingerprint density at radius 3 is 1.92 bits per heavy atom. The van der Waals surface area contributed by atoms with Crippen LogP contribution in [0.4, 0.5) is 0 Å². The molecular weight excluding hydrogens is 637 g/mol. The summed E-state index contributed by atoms with van der Waals surface area (Å²) in [5.74, 6) is 1.80. The van der Waals surface area contributed by atoms with E-state index in [1.807, 2.05) is 30.3 Å². The molecule has 8 aromatic carbocycles. The van der Waals surface area contributed by atoms with E-state index in [1.165, 1.54) is 26.9 Å². The first kappa shape index (κ1) is 28.7. The van der Waals surface area contributed by atoms with Crippen LogP contribution in [0.25, 0.3) is 105 Å². The predicted octanol–water partition coefficient (Wildman–Crippen LogP) is 12.2. The fraction of sp³-hybridized carbons (Fsp3) is 0. The molecule has 3 heterocycles. The average molecular weight is 665 g/mol. The summed E-state index contributed by atoms with van der Waals surface area (Å²) in [5, 5.41) is 9.20. The summed E-state index contributed by atoms with van der Waals surface area (Å²) in [5.41, 5.74) is 7.61. The smallest absolute Gasteiger partial charge is 0.166 e. The number of para-hydroxylation sites is 3. The molecule has 5 heteroatoms. The van der Waals surface area contributed by atoms with Crippen molar-refractivity contribution in [2.45, 2.75) is 0 Å². The summed E-state index contributed by atoms with van der Waals surface area (Å²) in [6.07, 6.45) is 0. The number of nitrogens with zero attached hydrogens (tertiary/aromatic N) is 4. The molecule has 3 aromatic heterocycles. The van der Waals surface area contributed by atoms with Gasteiger partial charge in [0.25, 0.3) is 0 Å². The van der Waals surface area contributed by atoms with E-state index in [0.29, 0.717) is 17.5 Å². The highest BCUT2D eigenvalue weighted by atomic mass is 16.3. The van der Waals surface area contributed by atoms with Crippen molar-refractivity contribution in [1.29, 1.82) is 0 Å². The Hall–Kier alpha value is -7.11. The average Bonchev–Trinajstić information content (AvgIpc) is 3.77. The summed E-state index contributed by atoms with van der Waals surface area (Å²) in [6.45, 7) is 0. The van der Waals surface area contributed by atoms with Crippen LogP contribution < -0.4 is 0 Å². The molecule has 0 aliphatic heterocycles. The summed E-state index contributed by atoms with van der Waals surface area (Å²) in [7, 11) is 0. The fourth-order valence-electron chi connectivity index (χ4n) is 7.89. The van der Waals surface area contributed by atoms with Crippen LogP contribution >= 0.6 is 0 Å². The maximum absolute atomic E-state index is 6.30. The Morgan fingerprint density at radius 1 is 0.385 bits per heavy atom. The Kier molecular flexibility index (Phi) is 6.18. The minimum Gasteiger partial charge on any atom is -0.456 e. The first-order valence-electron chi connectivity index (χ1n) is 17.5. The second-order valence-electron chi connectivity index (χ2n) is 13.2. The topological polar surface area (TPSA) is 56.7 Å². The number of hydrogen-bond donors (Lipinski definition) is 0. The minimum absolute atomic E-state index is 0.591. The molecule has 0 amide bonds. The molecule has 0 atom stereocenters. The van der Waals surface area contributed by atoms with Crippen molar-refractivity contribution in [2.75, 3.05) is 0 Å². The zero-order valence-corrected chi connectivity index (χ0v) is 27.9. The lowest BCUT2D eigenvalue weighted by Crippen LogP contribution is -2.03. The number of fused-ring (bicyclic) bond motifs is 9. The lowest BCUT2D eigenvalue weighted by Gasteiger charge is -2.15. The molecule has 0 radical (unpaired) electrons. The second kappa shape index (κ2) is 11.2. The predicted molar refractivity (Wildman–Crippen MR) is 213 cm³/mol. The summed E-state index contributed by atoms with van der Waals surface area (Å²) in [4.78, 5) is 15.8. The largest absolute Gasteiger partial charge is 0.456 e. The molecule has 0 spiro atoms. The van der Waals surface area contributed by atoms with E-state index in [-0.39, 0.29) is 0 Å². The SMILES string of the molecule is c1ccc(-n2c3ccccc3c3c4ccccc4ccc32)c(-c2nc(-c3ccc4ccccc4c3)nc(-c3cccc4oc5ccccc5c34)n2)c1. The summed E-state index contributed by atoms with van der Waals surface area (Å²) >= 11 is 0. The van der Waals surface area contributed by atoms with Gasteiger partial charge in [-0.05, 0) is 64.0 Å². The maximum Gasteiger partial charge on any atom is 0.166 e. The third kappa shape index (κ3) is 4.33. The number of rotatable bonds is 4. The van der Waals surface area contributed by atoms with Gasteiger partial charge in [-0.2, -0.15) is 0 Å². The Balaban J connectivity index is 1.21. The van der Waals surface area contributed by atoms with Gasteiger partial charge in [0.1, 0.15) is 11.2 Å². The Labute approximate surface area is 298 Å². The van der Waals surface area contributed by atoms with E-state index >= 15 is 0 Å². The van der Waals surface area contributed by atoms with Gasteiger partial charge in [-0.25, -0.2) is 15.0 Å². The van der Waals surface area contributed by atoms with Crippen LogP contribution in [0.5, 0.6) is 0 Å². The van der Waals surface area contributed by atoms with E-state index in [4.69, 9.17) is 19.4 Å². The lowest BCUT2D eigenvalue weighted by atomic mass is 10.0. The van der Waals surface area contributed by atoms with E-state index in [0.717, 1.165) is 60.7 Å². The van der Waals surface area contributed by atoms with Crippen molar-refractivity contribution in [3.05, 3.63) is 170 Å². The Bertz CT molecular complexity index is 3210. The lowest BCUT2D eigenvalue weighted by molar-refractivity contribution is 0.669. The van der Waals surface area contributed by atoms with Gasteiger partial charge in [0.15, 0.2) is 17.5 Å². The highest BCUT2D eigenvalue weighted by molar-refractivity contribution is 6.21. The molecule has 0 bridgehead atoms. The second-order valence-corrected chi connectivity index (χ2v) is 13.2. The van der Waals surface area contributed by atoms with Gasteiger partial charge in [-0.3, -0.25) is 0 Å². The van der Waals surface area contributed by atoms with E-state index in [9.17, 15) is 0 Å². The third-order valence-corrected chi connectivity index (χ3v) is 10.2. The van der Waals surface area contributed by atoms with Crippen LogP contribution in [0.2, 0.25) is 0 Å². The quantitative estimate of drug-likeness (QED) is 0.188. The third-order valence-electron chi connectivity index (χ3n) is 10.2. The molecule has 0 aliphatic carbocycles. The molecule has 52 heavy (non-hydrogen) atoms. The van der Waals surface area contributed by atoms with Gasteiger partial charge in [0.2, 0.25) is 0 Å². The summed E-state index contributed by atoms with van der Waals surface area (Å²) in [6, 6.07) is 59.1. The van der Waals surface area contributed by atoms with Crippen LogP contribution in [-0.4, -0.2) is 19.5 Å². The molecule has 0 aliphatic rings. The van der Waals surface area contributed by atoms with E-state index in [2.05, 4.69) is 144 Å². The van der Waals surface area contributed by atoms with Gasteiger partial charge >= 0.3 is 0 Å². The van der Waals surface area contributed by atoms with Crippen molar-refractivity contribution in [3.63, 3.8) is 0 Å². The maximum atomic E-state index is 6.30. The normalized spacial score (nSPS) is 11.8. The number of hydrogen-bond acceptors (Lipinski definition) is 4. The van der Waals surface area contributed by atoms with Gasteiger partial charge in [-0.1, -0.05) is 127 Å². The van der Waals surface area contributed by atoms with Crippen LogP contribution in [0.15, 0.2) is 174 Å². The van der Waals surface area contributed by atoms with Crippen LogP contribution in [0.1, 0.15) is 0 Å². The first-order chi connectivity index (χ1) is 25.8. The number of aromatic nitrogens is 4. The molecule has 242 valence electrons. The van der Waals surface area contributed by atoms with Crippen LogP contribution in [0.3, 0.4) is 0 Å². The standard InChI is InChI=1S/C47H28N4O/c1-2-14-31-28-32(25-24-29(31)12-1)45-48-46(50-47(49-45)37-19-11-23-42-44(37)36-18-7-10-22-41(36)52-42)35-17-6-9-21-39(35)51-38-20-8-5-16-34(38)43-33-15-4-3-13-30(33)26-27-40(43)51/h1-28H. The molecule has 0 fully saturated rings. The first-order valence-corrected chi connectivity index (χ1v) is 17.5. The van der Waals surface area contributed by atoms with Crippen LogP contribution in [-0.2, 0) is 0 Å². The molecule has 0 saturated heterocycles. The van der Waals surface area contributed by atoms with Crippen molar-refractivity contribution in [3.8, 4) is 39.9 Å². The molecule has 11 aromatic rings. The van der Waals surface area contributed by atoms with Crippen molar-refractivity contribution in [2.24, 2.45) is 0 Å². The monoisotopic (exact) mass is 664 g/mol. The van der Waals surface area contributed by atoms with Gasteiger partial charge in [0.05, 0.1) is 16.7 Å². The number of benzene rings is 8. The molecule has 5 nitrogen and oxygen atoms in total. The highest BCUT2D eigenvalue weighted by Crippen LogP contribution is 2.40. The van der Waals surface area contributed by atoms with Crippen molar-refractivity contribution in [1.82, 2.24) is 19.5 Å². The van der Waals surface area contributed by atoms with Gasteiger partial charge in [0, 0.05) is 38.2 Å². The molecule has 0 saturated carbocycles. The molecule has 0 unspecified atom stereocenters. The van der Waals surface area contributed by atoms with Gasteiger partial charge in [-0.15, -0.1) is 0 Å². The highest BCUT2D eigenvalue weighted by Gasteiger charge is 2.21. The summed E-state index contributed by atoms with van der Waals surface area (Å²) < 4.78 is 8.66. The fourth-order valence-corrected chi connectivity index (χ4v) is 7.89. The van der Waals surface area contributed by atoms with E-state index < -0.39 is 0 Å². The van der Waals surface area contributed by atoms with Crippen molar-refractivity contribution < 1.29 is 4.42 Å². The molecule has 11 rings (SSSR count). The van der Waals surface area contributed by atoms with E-state index in [1.54, 1.807) is 0 Å². The zero-order valence-electron chi connectivity index (χ0n) is 27.9. The zero-order chi connectivity index (χ0) is 34.2. The Morgan fingerprint density at radius 2 is 1.02 bits per heavy atom.